The Morgan fingerprint density at radius 1 is 1.04 bits per heavy atom. The van der Waals surface area contributed by atoms with Crippen molar-refractivity contribution in [2.75, 3.05) is 21.2 Å². The molecular weight excluding hydrogens is 344 g/mol. The summed E-state index contributed by atoms with van der Waals surface area (Å²) in [7, 11) is 4.82. The number of hydrogen-bond donors (Lipinski definition) is 2. The van der Waals surface area contributed by atoms with Gasteiger partial charge in [-0.2, -0.15) is 0 Å². The molecule has 27 heavy (non-hydrogen) atoms. The SMILES string of the molecule is CN[C@@H](Cc1ccccc1)C(=O)N(C)[C@@H](Cc1ccc(OC)cc1)C(=O)O. The van der Waals surface area contributed by atoms with Crippen molar-refractivity contribution in [2.45, 2.75) is 24.9 Å². The molecule has 0 spiro atoms. The molecule has 2 rings (SSSR count). The Labute approximate surface area is 159 Å². The Morgan fingerprint density at radius 3 is 2.15 bits per heavy atom. The molecule has 0 radical (unpaired) electrons. The van der Waals surface area contributed by atoms with Crippen molar-refractivity contribution in [1.82, 2.24) is 10.2 Å². The molecule has 0 aliphatic rings. The number of nitrogens with zero attached hydrogens (tertiary/aromatic N) is 1. The van der Waals surface area contributed by atoms with Crippen LogP contribution < -0.4 is 10.1 Å². The number of amides is 1. The van der Waals surface area contributed by atoms with Crippen molar-refractivity contribution in [3.63, 3.8) is 0 Å². The Kier molecular flexibility index (Phi) is 7.37. The van der Waals surface area contributed by atoms with Gasteiger partial charge in [-0.1, -0.05) is 42.5 Å². The summed E-state index contributed by atoms with van der Waals surface area (Å²) in [5.41, 5.74) is 1.84. The molecule has 0 saturated heterocycles. The van der Waals surface area contributed by atoms with Crippen molar-refractivity contribution in [3.05, 3.63) is 65.7 Å². The highest BCUT2D eigenvalue weighted by molar-refractivity contribution is 5.87. The van der Waals surface area contributed by atoms with Crippen LogP contribution in [0.1, 0.15) is 11.1 Å². The Balaban J connectivity index is 2.12. The standard InChI is InChI=1S/C21H26N2O4/c1-22-18(13-15-7-5-4-6-8-15)20(24)23(2)19(21(25)26)14-16-9-11-17(27-3)12-10-16/h4-12,18-19,22H,13-14H2,1-3H3,(H,25,26)/t18-,19-/m0/s1. The first-order valence-corrected chi connectivity index (χ1v) is 8.79. The number of carbonyl (C=O) groups excluding carboxylic acids is 1. The molecule has 0 aromatic heterocycles. The predicted octanol–water partition coefficient (Wildman–Crippen LogP) is 1.98. The van der Waals surface area contributed by atoms with Gasteiger partial charge in [0.25, 0.3) is 0 Å². The summed E-state index contributed by atoms with van der Waals surface area (Å²) in [5.74, 6) is -0.577. The van der Waals surface area contributed by atoms with E-state index in [0.29, 0.717) is 12.2 Å². The monoisotopic (exact) mass is 370 g/mol. The topological polar surface area (TPSA) is 78.9 Å². The number of carboxylic acid groups (broad SMARTS) is 1. The Hall–Kier alpha value is -2.86. The highest BCUT2D eigenvalue weighted by Crippen LogP contribution is 2.15. The number of aliphatic carboxylic acids is 1. The van der Waals surface area contributed by atoms with Crippen LogP contribution in [0.2, 0.25) is 0 Å². The van der Waals surface area contributed by atoms with E-state index >= 15 is 0 Å². The molecule has 0 heterocycles. The maximum absolute atomic E-state index is 12.9. The maximum Gasteiger partial charge on any atom is 0.326 e. The fraction of sp³-hybridized carbons (Fsp3) is 0.333. The molecule has 2 aromatic rings. The predicted molar refractivity (Wildman–Crippen MR) is 104 cm³/mol. The van der Waals surface area contributed by atoms with Gasteiger partial charge in [0, 0.05) is 13.5 Å². The fourth-order valence-corrected chi connectivity index (χ4v) is 2.94. The number of rotatable bonds is 9. The quantitative estimate of drug-likeness (QED) is 0.706. The summed E-state index contributed by atoms with van der Waals surface area (Å²) in [6.07, 6.45) is 0.721. The largest absolute Gasteiger partial charge is 0.497 e. The lowest BCUT2D eigenvalue weighted by atomic mass is 10.0. The van der Waals surface area contributed by atoms with E-state index in [1.165, 1.54) is 4.90 Å². The van der Waals surface area contributed by atoms with Crippen molar-refractivity contribution in [1.29, 1.82) is 0 Å². The zero-order valence-corrected chi connectivity index (χ0v) is 15.9. The molecule has 0 bridgehead atoms. The van der Waals surface area contributed by atoms with E-state index in [1.807, 2.05) is 42.5 Å². The second-order valence-electron chi connectivity index (χ2n) is 6.39. The maximum atomic E-state index is 12.9. The molecule has 2 atom stereocenters. The highest BCUT2D eigenvalue weighted by Gasteiger charge is 2.30. The summed E-state index contributed by atoms with van der Waals surface area (Å²) >= 11 is 0. The molecule has 0 aliphatic heterocycles. The van der Waals surface area contributed by atoms with Crippen LogP contribution in [0.25, 0.3) is 0 Å². The van der Waals surface area contributed by atoms with Gasteiger partial charge in [0.05, 0.1) is 13.2 Å². The molecule has 2 N–H and O–H groups in total. The minimum Gasteiger partial charge on any atom is -0.497 e. The zero-order chi connectivity index (χ0) is 19.8. The van der Waals surface area contributed by atoms with Crippen molar-refractivity contribution in [3.8, 4) is 5.75 Å². The Bertz CT molecular complexity index is 747. The lowest BCUT2D eigenvalue weighted by molar-refractivity contribution is -0.149. The average Bonchev–Trinajstić information content (AvgIpc) is 2.70. The van der Waals surface area contributed by atoms with E-state index in [9.17, 15) is 14.7 Å². The number of carboxylic acids is 1. The van der Waals surface area contributed by atoms with Crippen LogP contribution in [0, 0.1) is 0 Å². The molecule has 1 amide bonds. The zero-order valence-electron chi connectivity index (χ0n) is 15.9. The van der Waals surface area contributed by atoms with E-state index in [2.05, 4.69) is 5.32 Å². The lowest BCUT2D eigenvalue weighted by Gasteiger charge is -2.29. The van der Waals surface area contributed by atoms with Gasteiger partial charge in [-0.3, -0.25) is 4.79 Å². The molecule has 0 saturated carbocycles. The third kappa shape index (κ3) is 5.56. The molecule has 0 unspecified atom stereocenters. The summed E-state index contributed by atoms with van der Waals surface area (Å²) in [6.45, 7) is 0. The lowest BCUT2D eigenvalue weighted by Crippen LogP contribution is -2.51. The highest BCUT2D eigenvalue weighted by atomic mass is 16.5. The average molecular weight is 370 g/mol. The van der Waals surface area contributed by atoms with E-state index < -0.39 is 18.1 Å². The number of carbonyl (C=O) groups is 2. The molecule has 0 aliphatic carbocycles. The number of benzene rings is 2. The number of ether oxygens (including phenoxy) is 1. The van der Waals surface area contributed by atoms with Gasteiger partial charge in [0.15, 0.2) is 0 Å². The van der Waals surface area contributed by atoms with Crippen molar-refractivity contribution >= 4 is 11.9 Å². The summed E-state index contributed by atoms with van der Waals surface area (Å²) in [6, 6.07) is 15.4. The summed E-state index contributed by atoms with van der Waals surface area (Å²) < 4.78 is 5.12. The molecule has 6 heteroatoms. The van der Waals surface area contributed by atoms with Crippen LogP contribution in [0.5, 0.6) is 5.75 Å². The molecule has 0 fully saturated rings. The number of likely N-dealkylation sites (N-methyl/N-ethyl adjacent to an activating group) is 2. The van der Waals surface area contributed by atoms with E-state index in [0.717, 1.165) is 11.1 Å². The van der Waals surface area contributed by atoms with Crippen LogP contribution in [-0.2, 0) is 22.4 Å². The second-order valence-corrected chi connectivity index (χ2v) is 6.39. The van der Waals surface area contributed by atoms with Crippen LogP contribution in [0.15, 0.2) is 54.6 Å². The molecular formula is C21H26N2O4. The summed E-state index contributed by atoms with van der Waals surface area (Å²) in [4.78, 5) is 26.0. The number of hydrogen-bond acceptors (Lipinski definition) is 4. The van der Waals surface area contributed by atoms with Crippen LogP contribution in [0.3, 0.4) is 0 Å². The van der Waals surface area contributed by atoms with Gasteiger partial charge >= 0.3 is 5.97 Å². The van der Waals surface area contributed by atoms with Gasteiger partial charge in [-0.15, -0.1) is 0 Å². The van der Waals surface area contributed by atoms with E-state index in [1.54, 1.807) is 33.3 Å². The summed E-state index contributed by atoms with van der Waals surface area (Å²) in [5, 5.41) is 12.7. The number of methoxy groups -OCH3 is 1. The number of nitrogens with one attached hydrogen (secondary N) is 1. The van der Waals surface area contributed by atoms with Crippen molar-refractivity contribution in [2.24, 2.45) is 0 Å². The van der Waals surface area contributed by atoms with E-state index in [4.69, 9.17) is 4.74 Å². The van der Waals surface area contributed by atoms with Gasteiger partial charge in [-0.05, 0) is 36.7 Å². The van der Waals surface area contributed by atoms with Crippen LogP contribution >= 0.6 is 0 Å². The first kappa shape index (κ1) is 20.5. The fourth-order valence-electron chi connectivity index (χ4n) is 2.94. The first-order valence-electron chi connectivity index (χ1n) is 8.79. The normalized spacial score (nSPS) is 12.9. The van der Waals surface area contributed by atoms with Gasteiger partial charge in [0.2, 0.25) is 5.91 Å². The molecule has 2 aromatic carbocycles. The second kappa shape index (κ2) is 9.73. The van der Waals surface area contributed by atoms with Crippen LogP contribution in [-0.4, -0.2) is 55.2 Å². The third-order valence-corrected chi connectivity index (χ3v) is 4.62. The first-order chi connectivity index (χ1) is 13.0. The minimum absolute atomic E-state index is 0.226. The molecule has 144 valence electrons. The Morgan fingerprint density at radius 2 is 1.63 bits per heavy atom. The smallest absolute Gasteiger partial charge is 0.326 e. The van der Waals surface area contributed by atoms with Gasteiger partial charge in [0.1, 0.15) is 11.8 Å². The van der Waals surface area contributed by atoms with E-state index in [-0.39, 0.29) is 12.3 Å². The third-order valence-electron chi connectivity index (χ3n) is 4.62. The van der Waals surface area contributed by atoms with Crippen molar-refractivity contribution < 1.29 is 19.4 Å². The molecule has 6 nitrogen and oxygen atoms in total. The van der Waals surface area contributed by atoms with Gasteiger partial charge < -0.3 is 20.1 Å². The van der Waals surface area contributed by atoms with Gasteiger partial charge in [-0.25, -0.2) is 4.79 Å². The minimum atomic E-state index is -1.03. The van der Waals surface area contributed by atoms with Crippen LogP contribution in [0.4, 0.5) is 0 Å².